The van der Waals surface area contributed by atoms with Crippen LogP contribution in [0.3, 0.4) is 0 Å². The molecular weight excluding hydrogens is 228 g/mol. The van der Waals surface area contributed by atoms with Gasteiger partial charge in [0.15, 0.2) is 0 Å². The second-order valence-corrected chi connectivity index (χ2v) is 5.24. The van der Waals surface area contributed by atoms with Crippen molar-refractivity contribution >= 4 is 5.91 Å². The molecule has 0 bridgehead atoms. The largest absolute Gasteiger partial charge is 0.507 e. The summed E-state index contributed by atoms with van der Waals surface area (Å²) >= 11 is 0. The lowest BCUT2D eigenvalue weighted by Gasteiger charge is -2.22. The van der Waals surface area contributed by atoms with E-state index in [0.717, 1.165) is 13.1 Å². The maximum atomic E-state index is 12.3. The molecule has 98 valence electrons. The minimum Gasteiger partial charge on any atom is -0.507 e. The Bertz CT molecular complexity index is 445. The Hall–Kier alpha value is -1.55. The van der Waals surface area contributed by atoms with Gasteiger partial charge in [0.2, 0.25) is 0 Å². The molecule has 0 aliphatic carbocycles. The van der Waals surface area contributed by atoms with E-state index in [4.69, 9.17) is 0 Å². The van der Waals surface area contributed by atoms with E-state index in [-0.39, 0.29) is 11.7 Å². The average molecular weight is 248 g/mol. The lowest BCUT2D eigenvalue weighted by molar-refractivity contribution is 0.0778. The molecule has 1 fully saturated rings. The molecule has 2 unspecified atom stereocenters. The number of phenols is 1. The maximum Gasteiger partial charge on any atom is 0.257 e. The molecule has 1 heterocycles. The van der Waals surface area contributed by atoms with Crippen LogP contribution in [0.25, 0.3) is 0 Å². The third-order valence-corrected chi connectivity index (χ3v) is 3.66. The minimum atomic E-state index is -0.0794. The summed E-state index contributed by atoms with van der Waals surface area (Å²) in [6, 6.07) is 7.11. The fourth-order valence-electron chi connectivity index (χ4n) is 2.61. The molecule has 1 amide bonds. The second kappa shape index (κ2) is 4.98. The van der Waals surface area contributed by atoms with E-state index in [1.165, 1.54) is 0 Å². The lowest BCUT2D eigenvalue weighted by atomic mass is 10.1. The summed E-state index contributed by atoms with van der Waals surface area (Å²) < 4.78 is 0. The Kier molecular flexibility index (Phi) is 3.57. The van der Waals surface area contributed by atoms with Crippen molar-refractivity contribution in [2.24, 2.45) is 5.92 Å². The molecule has 2 rings (SSSR count). The van der Waals surface area contributed by atoms with Gasteiger partial charge in [0.25, 0.3) is 5.91 Å². The Labute approximate surface area is 108 Å². The topological polar surface area (TPSA) is 43.8 Å². The van der Waals surface area contributed by atoms with Crippen LogP contribution in [0.4, 0.5) is 0 Å². The minimum absolute atomic E-state index is 0.0588. The molecule has 0 spiro atoms. The maximum absolute atomic E-state index is 12.3. The number of para-hydroxylation sites is 1. The van der Waals surface area contributed by atoms with Crippen molar-refractivity contribution < 1.29 is 9.90 Å². The number of phenolic OH excluding ortho intramolecular Hbond substituents is 1. The first kappa shape index (κ1) is 12.9. The van der Waals surface area contributed by atoms with Gasteiger partial charge in [-0.05, 0) is 32.1 Å². The molecule has 1 aliphatic rings. The zero-order chi connectivity index (χ0) is 13.3. The van der Waals surface area contributed by atoms with Crippen molar-refractivity contribution in [2.45, 2.75) is 13.0 Å². The van der Waals surface area contributed by atoms with Gasteiger partial charge in [-0.25, -0.2) is 0 Å². The Morgan fingerprint density at radius 3 is 2.56 bits per heavy atom. The lowest BCUT2D eigenvalue weighted by Crippen LogP contribution is -2.35. The van der Waals surface area contributed by atoms with Gasteiger partial charge in [0.1, 0.15) is 5.75 Å². The van der Waals surface area contributed by atoms with Crippen LogP contribution in [-0.2, 0) is 0 Å². The number of likely N-dealkylation sites (N-methyl/N-ethyl adjacent to an activating group) is 1. The molecule has 4 heteroatoms. The van der Waals surface area contributed by atoms with Gasteiger partial charge in [0.05, 0.1) is 5.56 Å². The Morgan fingerprint density at radius 2 is 2.00 bits per heavy atom. The number of likely N-dealkylation sites (tertiary alicyclic amines) is 1. The summed E-state index contributed by atoms with van der Waals surface area (Å²) in [6.45, 7) is 3.63. The molecule has 1 aliphatic heterocycles. The zero-order valence-electron chi connectivity index (χ0n) is 11.1. The van der Waals surface area contributed by atoms with Crippen molar-refractivity contribution in [1.82, 2.24) is 9.80 Å². The van der Waals surface area contributed by atoms with Crippen LogP contribution in [0.1, 0.15) is 17.3 Å². The Morgan fingerprint density at radius 1 is 1.33 bits per heavy atom. The summed E-state index contributed by atoms with van der Waals surface area (Å²) in [5.74, 6) is 0.433. The number of rotatable bonds is 2. The van der Waals surface area contributed by atoms with Crippen LogP contribution in [0.15, 0.2) is 24.3 Å². The quantitative estimate of drug-likeness (QED) is 0.860. The van der Waals surface area contributed by atoms with Crippen LogP contribution in [0.5, 0.6) is 5.75 Å². The number of hydrogen-bond acceptors (Lipinski definition) is 3. The summed E-state index contributed by atoms with van der Waals surface area (Å²) in [5.41, 5.74) is 0.393. The van der Waals surface area contributed by atoms with Crippen molar-refractivity contribution in [3.8, 4) is 5.75 Å². The Balaban J connectivity index is 2.15. The zero-order valence-corrected chi connectivity index (χ0v) is 11.1. The van der Waals surface area contributed by atoms with Crippen LogP contribution in [0.2, 0.25) is 0 Å². The fraction of sp³-hybridized carbons (Fsp3) is 0.500. The third kappa shape index (κ3) is 2.34. The van der Waals surface area contributed by atoms with E-state index in [9.17, 15) is 9.90 Å². The van der Waals surface area contributed by atoms with Gasteiger partial charge >= 0.3 is 0 Å². The first-order valence-corrected chi connectivity index (χ1v) is 6.24. The normalized spacial score (nSPS) is 23.7. The summed E-state index contributed by atoms with van der Waals surface area (Å²) in [7, 11) is 4.07. The molecule has 0 radical (unpaired) electrons. The van der Waals surface area contributed by atoms with E-state index >= 15 is 0 Å². The molecule has 1 aromatic carbocycles. The summed E-state index contributed by atoms with van der Waals surface area (Å²) in [6.07, 6.45) is 0. The van der Waals surface area contributed by atoms with Crippen LogP contribution < -0.4 is 0 Å². The SMILES string of the molecule is CC1CN(C(=O)c2ccccc2O)CC1N(C)C. The fourth-order valence-corrected chi connectivity index (χ4v) is 2.61. The van der Waals surface area contributed by atoms with Crippen LogP contribution in [-0.4, -0.2) is 54.0 Å². The number of benzene rings is 1. The predicted octanol–water partition coefficient (Wildman–Crippen LogP) is 1.41. The van der Waals surface area contributed by atoms with Crippen LogP contribution in [0, 0.1) is 5.92 Å². The van der Waals surface area contributed by atoms with Gasteiger partial charge in [-0.2, -0.15) is 0 Å². The summed E-state index contributed by atoms with van der Waals surface area (Å²) in [4.78, 5) is 16.3. The van der Waals surface area contributed by atoms with Gasteiger partial charge in [0, 0.05) is 19.1 Å². The monoisotopic (exact) mass is 248 g/mol. The number of amides is 1. The average Bonchev–Trinajstić information content (AvgIpc) is 2.71. The van der Waals surface area contributed by atoms with Gasteiger partial charge < -0.3 is 14.9 Å². The van der Waals surface area contributed by atoms with Crippen molar-refractivity contribution in [3.63, 3.8) is 0 Å². The molecule has 0 aromatic heterocycles. The van der Waals surface area contributed by atoms with E-state index in [1.807, 2.05) is 19.0 Å². The van der Waals surface area contributed by atoms with E-state index in [2.05, 4.69) is 11.8 Å². The van der Waals surface area contributed by atoms with Crippen molar-refractivity contribution in [3.05, 3.63) is 29.8 Å². The highest BCUT2D eigenvalue weighted by molar-refractivity contribution is 5.97. The highest BCUT2D eigenvalue weighted by Crippen LogP contribution is 2.24. The molecule has 0 saturated carbocycles. The first-order valence-electron chi connectivity index (χ1n) is 6.24. The van der Waals surface area contributed by atoms with Crippen molar-refractivity contribution in [1.29, 1.82) is 0 Å². The molecule has 18 heavy (non-hydrogen) atoms. The predicted molar refractivity (Wildman–Crippen MR) is 70.6 cm³/mol. The highest BCUT2D eigenvalue weighted by Gasteiger charge is 2.34. The van der Waals surface area contributed by atoms with Crippen LogP contribution >= 0.6 is 0 Å². The number of carbonyl (C=O) groups excluding carboxylic acids is 1. The summed E-state index contributed by atoms with van der Waals surface area (Å²) in [5, 5.41) is 9.72. The van der Waals surface area contributed by atoms with Gasteiger partial charge in [-0.15, -0.1) is 0 Å². The standard InChI is InChI=1S/C14H20N2O2/c1-10-8-16(9-12(10)15(2)3)14(18)11-6-4-5-7-13(11)17/h4-7,10,12,17H,8-9H2,1-3H3. The molecule has 1 aromatic rings. The van der Waals surface area contributed by atoms with E-state index in [1.54, 1.807) is 24.3 Å². The molecule has 4 nitrogen and oxygen atoms in total. The van der Waals surface area contributed by atoms with Crippen molar-refractivity contribution in [2.75, 3.05) is 27.2 Å². The number of nitrogens with zero attached hydrogens (tertiary/aromatic N) is 2. The number of aromatic hydroxyl groups is 1. The third-order valence-electron chi connectivity index (χ3n) is 3.66. The second-order valence-electron chi connectivity index (χ2n) is 5.24. The number of carbonyl (C=O) groups is 1. The van der Waals surface area contributed by atoms with Gasteiger partial charge in [-0.3, -0.25) is 4.79 Å². The molecule has 1 N–H and O–H groups in total. The number of hydrogen-bond donors (Lipinski definition) is 1. The van der Waals surface area contributed by atoms with Gasteiger partial charge in [-0.1, -0.05) is 19.1 Å². The highest BCUT2D eigenvalue weighted by atomic mass is 16.3. The van der Waals surface area contributed by atoms with E-state index < -0.39 is 0 Å². The smallest absolute Gasteiger partial charge is 0.257 e. The van der Waals surface area contributed by atoms with E-state index in [0.29, 0.717) is 17.5 Å². The molecule has 2 atom stereocenters. The molecule has 1 saturated heterocycles. The first-order chi connectivity index (χ1) is 8.50. The molecular formula is C14H20N2O2.